The minimum atomic E-state index is 0.0210. The van der Waals surface area contributed by atoms with Crippen molar-refractivity contribution in [2.75, 3.05) is 31.6 Å². The number of thiophene rings is 1. The molecule has 27 heavy (non-hydrogen) atoms. The van der Waals surface area contributed by atoms with Crippen LogP contribution in [0.4, 0.5) is 5.69 Å². The number of nitrogens with one attached hydrogen (secondary N) is 1. The molecule has 0 saturated carbocycles. The van der Waals surface area contributed by atoms with Gasteiger partial charge in [-0.05, 0) is 55.0 Å². The van der Waals surface area contributed by atoms with E-state index in [9.17, 15) is 4.79 Å². The van der Waals surface area contributed by atoms with Gasteiger partial charge in [0.2, 0.25) is 0 Å². The molecule has 1 aliphatic heterocycles. The van der Waals surface area contributed by atoms with Crippen molar-refractivity contribution in [1.29, 1.82) is 0 Å². The molecule has 2 heterocycles. The third-order valence-corrected chi connectivity index (χ3v) is 6.68. The first-order valence-electron chi connectivity index (χ1n) is 10.1. The first kappa shape index (κ1) is 18.7. The summed E-state index contributed by atoms with van der Waals surface area (Å²) in [4.78, 5) is 17.3. The minimum Gasteiger partial charge on any atom is -0.379 e. The van der Waals surface area contributed by atoms with Gasteiger partial charge in [0, 0.05) is 30.2 Å². The van der Waals surface area contributed by atoms with E-state index in [4.69, 9.17) is 4.74 Å². The van der Waals surface area contributed by atoms with Gasteiger partial charge in [-0.15, -0.1) is 11.3 Å². The predicted octanol–water partition coefficient (Wildman–Crippen LogP) is 4.49. The van der Waals surface area contributed by atoms with Gasteiger partial charge < -0.3 is 10.1 Å². The number of fused-ring (bicyclic) bond motifs is 1. The van der Waals surface area contributed by atoms with Crippen molar-refractivity contribution in [3.63, 3.8) is 0 Å². The smallest absolute Gasteiger partial charge is 0.265 e. The molecule has 0 bridgehead atoms. The molecule has 144 valence electrons. The van der Waals surface area contributed by atoms with E-state index in [-0.39, 0.29) is 5.91 Å². The maximum Gasteiger partial charge on any atom is 0.265 e. The zero-order valence-corrected chi connectivity index (χ0v) is 16.7. The summed E-state index contributed by atoms with van der Waals surface area (Å²) < 4.78 is 5.40. The van der Waals surface area contributed by atoms with Gasteiger partial charge in [0.05, 0.1) is 18.1 Å². The standard InChI is InChI=1S/C22H28N2O2S/c25-22(21-15-18-5-3-1-2-4-6-20(18)27-21)23-19-9-7-17(8-10-19)16-24-11-13-26-14-12-24/h7-10,15H,1-6,11-14,16H2,(H,23,25). The third-order valence-electron chi connectivity index (χ3n) is 5.44. The van der Waals surface area contributed by atoms with Gasteiger partial charge in [0.15, 0.2) is 0 Å². The summed E-state index contributed by atoms with van der Waals surface area (Å²) in [5.74, 6) is 0.0210. The van der Waals surface area contributed by atoms with Gasteiger partial charge in [-0.2, -0.15) is 0 Å². The van der Waals surface area contributed by atoms with Crippen molar-refractivity contribution >= 4 is 22.9 Å². The van der Waals surface area contributed by atoms with Crippen molar-refractivity contribution in [3.05, 3.63) is 51.2 Å². The Bertz CT molecular complexity index is 738. The summed E-state index contributed by atoms with van der Waals surface area (Å²) in [6.45, 7) is 4.55. The number of carbonyl (C=O) groups excluding carboxylic acids is 1. The van der Waals surface area contributed by atoms with Gasteiger partial charge in [0.1, 0.15) is 0 Å². The Morgan fingerprint density at radius 2 is 1.78 bits per heavy atom. The second-order valence-electron chi connectivity index (χ2n) is 7.51. The van der Waals surface area contributed by atoms with E-state index in [2.05, 4.69) is 28.4 Å². The molecular formula is C22H28N2O2S. The van der Waals surface area contributed by atoms with Gasteiger partial charge in [-0.1, -0.05) is 25.0 Å². The molecule has 2 aromatic rings. The average molecular weight is 385 g/mol. The Balaban J connectivity index is 1.37. The third kappa shape index (κ3) is 4.98. The number of amides is 1. The minimum absolute atomic E-state index is 0.0210. The van der Waals surface area contributed by atoms with Gasteiger partial charge in [-0.25, -0.2) is 0 Å². The van der Waals surface area contributed by atoms with Crippen molar-refractivity contribution in [2.45, 2.75) is 45.1 Å². The average Bonchev–Trinajstić information content (AvgIpc) is 3.06. The van der Waals surface area contributed by atoms with Crippen LogP contribution in [-0.2, 0) is 24.1 Å². The number of hydrogen-bond donors (Lipinski definition) is 1. The van der Waals surface area contributed by atoms with E-state index in [1.54, 1.807) is 11.3 Å². The summed E-state index contributed by atoms with van der Waals surface area (Å²) in [5, 5.41) is 3.07. The molecule has 0 radical (unpaired) electrons. The molecule has 1 saturated heterocycles. The fraction of sp³-hybridized carbons (Fsp3) is 0.500. The molecule has 1 amide bonds. The van der Waals surface area contributed by atoms with Crippen LogP contribution in [0.3, 0.4) is 0 Å². The first-order chi connectivity index (χ1) is 13.3. The van der Waals surface area contributed by atoms with Gasteiger partial charge in [0.25, 0.3) is 5.91 Å². The van der Waals surface area contributed by atoms with E-state index >= 15 is 0 Å². The highest BCUT2D eigenvalue weighted by Gasteiger charge is 2.16. The molecule has 4 nitrogen and oxygen atoms in total. The summed E-state index contributed by atoms with van der Waals surface area (Å²) in [6.07, 6.45) is 7.37. The van der Waals surface area contributed by atoms with Crippen LogP contribution in [0.1, 0.15) is 51.4 Å². The molecule has 5 heteroatoms. The van der Waals surface area contributed by atoms with Crippen LogP contribution < -0.4 is 5.32 Å². The Morgan fingerprint density at radius 3 is 2.56 bits per heavy atom. The van der Waals surface area contributed by atoms with E-state index in [0.29, 0.717) is 0 Å². The summed E-state index contributed by atoms with van der Waals surface area (Å²) in [6, 6.07) is 10.4. The molecule has 1 fully saturated rings. The monoisotopic (exact) mass is 384 g/mol. The van der Waals surface area contributed by atoms with E-state index in [1.165, 1.54) is 41.7 Å². The summed E-state index contributed by atoms with van der Waals surface area (Å²) in [5.41, 5.74) is 3.53. The number of benzene rings is 1. The van der Waals surface area contributed by atoms with Crippen LogP contribution in [-0.4, -0.2) is 37.1 Å². The van der Waals surface area contributed by atoms with Crippen LogP contribution in [0.25, 0.3) is 0 Å². The quantitative estimate of drug-likeness (QED) is 0.844. The van der Waals surface area contributed by atoms with E-state index in [0.717, 1.165) is 56.3 Å². The van der Waals surface area contributed by atoms with Crippen molar-refractivity contribution in [2.24, 2.45) is 0 Å². The number of carbonyl (C=O) groups is 1. The molecule has 0 atom stereocenters. The summed E-state index contributed by atoms with van der Waals surface area (Å²) in [7, 11) is 0. The molecule has 2 aliphatic rings. The lowest BCUT2D eigenvalue weighted by Crippen LogP contribution is -2.35. The normalized spacial score (nSPS) is 18.4. The Kier molecular flexibility index (Phi) is 6.22. The highest BCUT2D eigenvalue weighted by atomic mass is 32.1. The van der Waals surface area contributed by atoms with Crippen LogP contribution in [0.5, 0.6) is 0 Å². The molecule has 4 rings (SSSR count). The number of hydrogen-bond acceptors (Lipinski definition) is 4. The van der Waals surface area contributed by atoms with Gasteiger partial charge >= 0.3 is 0 Å². The maximum absolute atomic E-state index is 12.7. The number of morpholine rings is 1. The molecule has 1 aliphatic carbocycles. The van der Waals surface area contributed by atoms with Crippen molar-refractivity contribution in [1.82, 2.24) is 4.90 Å². The largest absolute Gasteiger partial charge is 0.379 e. The second-order valence-corrected chi connectivity index (χ2v) is 8.65. The lowest BCUT2D eigenvalue weighted by molar-refractivity contribution is 0.0342. The first-order valence-corrected chi connectivity index (χ1v) is 10.9. The Morgan fingerprint density at radius 1 is 1.04 bits per heavy atom. The van der Waals surface area contributed by atoms with Crippen LogP contribution in [0, 0.1) is 0 Å². The van der Waals surface area contributed by atoms with E-state index < -0.39 is 0 Å². The van der Waals surface area contributed by atoms with Crippen LogP contribution >= 0.6 is 11.3 Å². The number of aryl methyl sites for hydroxylation is 2. The maximum atomic E-state index is 12.7. The van der Waals surface area contributed by atoms with Crippen LogP contribution in [0.15, 0.2) is 30.3 Å². The van der Waals surface area contributed by atoms with Crippen molar-refractivity contribution < 1.29 is 9.53 Å². The highest BCUT2D eigenvalue weighted by Crippen LogP contribution is 2.29. The lowest BCUT2D eigenvalue weighted by atomic mass is 10.00. The van der Waals surface area contributed by atoms with Crippen LogP contribution in [0.2, 0.25) is 0 Å². The predicted molar refractivity (Wildman–Crippen MR) is 111 cm³/mol. The SMILES string of the molecule is O=C(Nc1ccc(CN2CCOCC2)cc1)c1cc2c(s1)CCCCCC2. The van der Waals surface area contributed by atoms with Crippen molar-refractivity contribution in [3.8, 4) is 0 Å². The Hall–Kier alpha value is -1.69. The lowest BCUT2D eigenvalue weighted by Gasteiger charge is -2.26. The zero-order valence-electron chi connectivity index (χ0n) is 15.8. The molecule has 1 aromatic heterocycles. The number of rotatable bonds is 4. The number of ether oxygens (including phenoxy) is 1. The van der Waals surface area contributed by atoms with E-state index in [1.807, 2.05) is 12.1 Å². The number of nitrogens with zero attached hydrogens (tertiary/aromatic N) is 1. The fourth-order valence-corrected chi connectivity index (χ4v) is 5.01. The Labute approximate surface area is 165 Å². The fourth-order valence-electron chi connectivity index (χ4n) is 3.86. The highest BCUT2D eigenvalue weighted by molar-refractivity contribution is 7.14. The summed E-state index contributed by atoms with van der Waals surface area (Å²) >= 11 is 1.68. The molecule has 0 spiro atoms. The molecular weight excluding hydrogens is 356 g/mol. The zero-order chi connectivity index (χ0) is 18.5. The van der Waals surface area contributed by atoms with Gasteiger partial charge in [-0.3, -0.25) is 9.69 Å². The topological polar surface area (TPSA) is 41.6 Å². The molecule has 0 unspecified atom stereocenters. The molecule has 1 aromatic carbocycles. The molecule has 1 N–H and O–H groups in total. The second kappa shape index (κ2) is 9.00. The number of anilines is 1.